The number of rotatable bonds is 10. The van der Waals surface area contributed by atoms with Gasteiger partial charge in [-0.3, -0.25) is 24.5 Å². The zero-order valence-corrected chi connectivity index (χ0v) is 23.8. The highest BCUT2D eigenvalue weighted by Gasteiger charge is 2.18. The fraction of sp³-hybridized carbons (Fsp3) is 0.100. The Kier molecular flexibility index (Phi) is 9.67. The fourth-order valence-electron chi connectivity index (χ4n) is 3.62. The molecule has 1 unspecified atom stereocenters. The molecule has 0 spiro atoms. The molecule has 1 atom stereocenters. The molecule has 0 fully saturated rings. The van der Waals surface area contributed by atoms with Crippen molar-refractivity contribution in [3.8, 4) is 0 Å². The first-order chi connectivity index (χ1) is 19.7. The van der Waals surface area contributed by atoms with Crippen LogP contribution in [0, 0.1) is 17.0 Å². The number of nitrogens with zero attached hydrogens (tertiary/aromatic N) is 1. The van der Waals surface area contributed by atoms with Crippen molar-refractivity contribution in [3.63, 3.8) is 0 Å². The van der Waals surface area contributed by atoms with Crippen molar-refractivity contribution < 1.29 is 19.3 Å². The van der Waals surface area contributed by atoms with Crippen LogP contribution in [0.5, 0.6) is 0 Å². The summed E-state index contributed by atoms with van der Waals surface area (Å²) in [6.07, 6.45) is 1.62. The lowest BCUT2D eigenvalue weighted by atomic mass is 10.2. The third-order valence-electron chi connectivity index (χ3n) is 5.84. The van der Waals surface area contributed by atoms with Crippen LogP contribution in [0.2, 0.25) is 0 Å². The number of thiophene rings is 1. The van der Waals surface area contributed by atoms with Gasteiger partial charge in [-0.25, -0.2) is 0 Å². The minimum atomic E-state index is -0.508. The minimum Gasteiger partial charge on any atom is -0.325 e. The lowest BCUT2D eigenvalue weighted by Crippen LogP contribution is -2.30. The molecule has 9 nitrogen and oxygen atoms in total. The van der Waals surface area contributed by atoms with Crippen molar-refractivity contribution in [3.05, 3.63) is 122 Å². The van der Waals surface area contributed by atoms with Gasteiger partial charge in [0.1, 0.15) is 5.70 Å². The second-order valence-corrected chi connectivity index (χ2v) is 11.3. The summed E-state index contributed by atoms with van der Waals surface area (Å²) in [5.74, 6) is -1.18. The molecule has 1 aromatic heterocycles. The number of aryl methyl sites for hydroxylation is 1. The van der Waals surface area contributed by atoms with Gasteiger partial charge in [0.05, 0.1) is 15.9 Å². The summed E-state index contributed by atoms with van der Waals surface area (Å²) in [5, 5.41) is 20.7. The molecule has 11 heteroatoms. The molecule has 3 aromatic carbocycles. The number of nitrogens with one attached hydrogen (secondary N) is 3. The highest BCUT2D eigenvalue weighted by molar-refractivity contribution is 8.00. The second kappa shape index (κ2) is 13.6. The topological polar surface area (TPSA) is 130 Å². The number of nitro benzene ring substituents is 1. The quantitative estimate of drug-likeness (QED) is 0.0842. The van der Waals surface area contributed by atoms with Crippen LogP contribution in [0.25, 0.3) is 6.08 Å². The number of benzene rings is 3. The SMILES string of the molecule is Cc1ccc([N+](=O)[O-])cc1NC(=O)C(C)Sc1ccc(NC(=O)/C(=C/c2cccs2)NC(=O)c2ccccc2)cc1. The third kappa shape index (κ3) is 8.13. The first-order valence-corrected chi connectivity index (χ1v) is 14.2. The Balaban J connectivity index is 1.40. The van der Waals surface area contributed by atoms with E-state index in [9.17, 15) is 24.5 Å². The van der Waals surface area contributed by atoms with Crippen LogP contribution in [0.1, 0.15) is 27.7 Å². The molecule has 0 bridgehead atoms. The van der Waals surface area contributed by atoms with Gasteiger partial charge in [-0.05, 0) is 73.3 Å². The molecule has 0 aliphatic rings. The minimum absolute atomic E-state index is 0.0986. The van der Waals surface area contributed by atoms with Crippen molar-refractivity contribution in [1.82, 2.24) is 5.32 Å². The van der Waals surface area contributed by atoms with Gasteiger partial charge in [0.2, 0.25) is 5.91 Å². The summed E-state index contributed by atoms with van der Waals surface area (Å²) in [6.45, 7) is 3.50. The van der Waals surface area contributed by atoms with Crippen molar-refractivity contribution >= 4 is 64.0 Å². The normalized spacial score (nSPS) is 11.8. The summed E-state index contributed by atoms with van der Waals surface area (Å²) < 4.78 is 0. The first-order valence-electron chi connectivity index (χ1n) is 12.4. The van der Waals surface area contributed by atoms with E-state index in [2.05, 4.69) is 16.0 Å². The van der Waals surface area contributed by atoms with Gasteiger partial charge in [0.15, 0.2) is 0 Å². The van der Waals surface area contributed by atoms with Crippen LogP contribution in [-0.4, -0.2) is 27.9 Å². The maximum absolute atomic E-state index is 13.1. The zero-order chi connectivity index (χ0) is 29.4. The number of anilines is 2. The van der Waals surface area contributed by atoms with Crippen LogP contribution in [0.4, 0.5) is 17.1 Å². The van der Waals surface area contributed by atoms with Gasteiger partial charge in [0, 0.05) is 33.2 Å². The highest BCUT2D eigenvalue weighted by Crippen LogP contribution is 2.27. The summed E-state index contributed by atoms with van der Waals surface area (Å²) in [4.78, 5) is 50.8. The van der Waals surface area contributed by atoms with Crippen molar-refractivity contribution in [1.29, 1.82) is 0 Å². The molecule has 4 aromatic rings. The Hall–Kier alpha value is -4.74. The molecule has 0 saturated carbocycles. The summed E-state index contributed by atoms with van der Waals surface area (Å²) in [6, 6.07) is 23.6. The maximum Gasteiger partial charge on any atom is 0.272 e. The number of carbonyl (C=O) groups is 3. The van der Waals surface area contributed by atoms with Crippen LogP contribution in [0.3, 0.4) is 0 Å². The average Bonchev–Trinajstić information content (AvgIpc) is 3.48. The molecule has 0 saturated heterocycles. The summed E-state index contributed by atoms with van der Waals surface area (Å²) in [7, 11) is 0. The molecule has 0 aliphatic carbocycles. The van der Waals surface area contributed by atoms with Crippen LogP contribution < -0.4 is 16.0 Å². The van der Waals surface area contributed by atoms with Crippen molar-refractivity contribution in [2.24, 2.45) is 0 Å². The second-order valence-electron chi connectivity index (χ2n) is 8.88. The fourth-order valence-corrected chi connectivity index (χ4v) is 5.15. The van der Waals surface area contributed by atoms with Gasteiger partial charge in [-0.1, -0.05) is 30.3 Å². The van der Waals surface area contributed by atoms with E-state index in [1.54, 1.807) is 80.6 Å². The average molecular weight is 587 g/mol. The van der Waals surface area contributed by atoms with Crippen LogP contribution in [0.15, 0.2) is 101 Å². The highest BCUT2D eigenvalue weighted by atomic mass is 32.2. The molecule has 3 N–H and O–H groups in total. The lowest BCUT2D eigenvalue weighted by molar-refractivity contribution is -0.384. The number of thioether (sulfide) groups is 1. The Morgan fingerprint density at radius 1 is 0.951 bits per heavy atom. The molecule has 0 aliphatic heterocycles. The molecule has 0 radical (unpaired) electrons. The van der Waals surface area contributed by atoms with E-state index in [1.807, 2.05) is 17.5 Å². The molecular formula is C30H26N4O5S2. The Morgan fingerprint density at radius 2 is 1.68 bits per heavy atom. The van der Waals surface area contributed by atoms with Gasteiger partial charge < -0.3 is 16.0 Å². The van der Waals surface area contributed by atoms with Gasteiger partial charge in [0.25, 0.3) is 17.5 Å². The first kappa shape index (κ1) is 29.2. The van der Waals surface area contributed by atoms with Crippen LogP contribution >= 0.6 is 23.1 Å². The Bertz CT molecular complexity index is 1590. The molecular weight excluding hydrogens is 560 g/mol. The number of hydrogen-bond acceptors (Lipinski definition) is 7. The Labute approximate surface area is 244 Å². The number of carbonyl (C=O) groups excluding carboxylic acids is 3. The largest absolute Gasteiger partial charge is 0.325 e. The van der Waals surface area contributed by atoms with E-state index in [-0.39, 0.29) is 17.3 Å². The van der Waals surface area contributed by atoms with Crippen LogP contribution in [-0.2, 0) is 9.59 Å². The summed E-state index contributed by atoms with van der Waals surface area (Å²) >= 11 is 2.74. The van der Waals surface area contributed by atoms with E-state index in [4.69, 9.17) is 0 Å². The monoisotopic (exact) mass is 586 g/mol. The van der Waals surface area contributed by atoms with E-state index >= 15 is 0 Å². The molecule has 41 heavy (non-hydrogen) atoms. The smallest absolute Gasteiger partial charge is 0.272 e. The van der Waals surface area contributed by atoms with E-state index in [0.717, 1.165) is 9.77 Å². The number of amides is 3. The van der Waals surface area contributed by atoms with E-state index in [1.165, 1.54) is 35.2 Å². The third-order valence-corrected chi connectivity index (χ3v) is 7.77. The number of non-ortho nitro benzene ring substituents is 1. The lowest BCUT2D eigenvalue weighted by Gasteiger charge is -2.14. The van der Waals surface area contributed by atoms with E-state index < -0.39 is 22.0 Å². The van der Waals surface area contributed by atoms with Gasteiger partial charge in [-0.15, -0.1) is 23.1 Å². The number of hydrogen-bond donors (Lipinski definition) is 3. The van der Waals surface area contributed by atoms with Gasteiger partial charge in [-0.2, -0.15) is 0 Å². The summed E-state index contributed by atoms with van der Waals surface area (Å²) in [5.41, 5.74) is 2.04. The molecule has 208 valence electrons. The van der Waals surface area contributed by atoms with Crippen molar-refractivity contribution in [2.75, 3.05) is 10.6 Å². The zero-order valence-electron chi connectivity index (χ0n) is 22.1. The molecule has 3 amide bonds. The van der Waals surface area contributed by atoms with Gasteiger partial charge >= 0.3 is 0 Å². The maximum atomic E-state index is 13.1. The predicted molar refractivity (Wildman–Crippen MR) is 163 cm³/mol. The van der Waals surface area contributed by atoms with Crippen molar-refractivity contribution in [2.45, 2.75) is 24.0 Å². The molecule has 1 heterocycles. The van der Waals surface area contributed by atoms with E-state index in [0.29, 0.717) is 22.5 Å². The standard InChI is InChI=1S/C30H26N4O5S2/c1-19-10-13-23(34(38)39)17-26(19)32-28(35)20(2)41-24-14-11-22(12-15-24)31-30(37)27(18-25-9-6-16-40-25)33-29(36)21-7-4-3-5-8-21/h3-18,20H,1-2H3,(H,31,37)(H,32,35)(H,33,36)/b27-18-. The predicted octanol–water partition coefficient (Wildman–Crippen LogP) is 6.49. The molecule has 4 rings (SSSR count). The Morgan fingerprint density at radius 3 is 2.34 bits per heavy atom. The number of nitro groups is 1.